The first kappa shape index (κ1) is 32.5. The van der Waals surface area contributed by atoms with Gasteiger partial charge in [0.15, 0.2) is 0 Å². The predicted octanol–water partition coefficient (Wildman–Crippen LogP) is 6.18. The molecule has 41 heavy (non-hydrogen) atoms. The molecule has 0 aliphatic carbocycles. The number of nitrogens with one attached hydrogen (secondary N) is 1. The fraction of sp³-hybridized carbons (Fsp3) is 0.310. The molecule has 0 saturated carbocycles. The Morgan fingerprint density at radius 3 is 2.20 bits per heavy atom. The van der Waals surface area contributed by atoms with Crippen LogP contribution in [0.25, 0.3) is 0 Å². The fourth-order valence-electron chi connectivity index (χ4n) is 4.01. The van der Waals surface area contributed by atoms with Gasteiger partial charge in [0.25, 0.3) is 10.0 Å². The number of hydrogen-bond donors (Lipinski definition) is 1. The lowest BCUT2D eigenvalue weighted by Crippen LogP contribution is -2.51. The quantitative estimate of drug-likeness (QED) is 0.225. The zero-order valence-electron chi connectivity index (χ0n) is 22.9. The van der Waals surface area contributed by atoms with E-state index in [-0.39, 0.29) is 28.1 Å². The minimum absolute atomic E-state index is 0.0582. The average Bonchev–Trinajstić information content (AvgIpc) is 2.95. The summed E-state index contributed by atoms with van der Waals surface area (Å²) in [5, 5.41) is 3.74. The van der Waals surface area contributed by atoms with Gasteiger partial charge in [-0.1, -0.05) is 60.3 Å². The first-order chi connectivity index (χ1) is 19.5. The van der Waals surface area contributed by atoms with Gasteiger partial charge in [-0.25, -0.2) is 8.42 Å². The van der Waals surface area contributed by atoms with Crippen LogP contribution in [0.15, 0.2) is 71.6 Å². The zero-order chi connectivity index (χ0) is 30.2. The lowest BCUT2D eigenvalue weighted by molar-refractivity contribution is -0.139. The predicted molar refractivity (Wildman–Crippen MR) is 163 cm³/mol. The van der Waals surface area contributed by atoms with Crippen LogP contribution in [0.2, 0.25) is 15.1 Å². The normalized spacial score (nSPS) is 12.0. The third-order valence-electron chi connectivity index (χ3n) is 6.41. The van der Waals surface area contributed by atoms with Crippen LogP contribution in [0, 0.1) is 0 Å². The van der Waals surface area contributed by atoms with Gasteiger partial charge in [-0.05, 0) is 67.9 Å². The van der Waals surface area contributed by atoms with Crippen LogP contribution in [0.1, 0.15) is 32.3 Å². The van der Waals surface area contributed by atoms with Gasteiger partial charge in [-0.15, -0.1) is 0 Å². The summed E-state index contributed by atoms with van der Waals surface area (Å²) >= 11 is 19.0. The van der Waals surface area contributed by atoms with E-state index in [4.69, 9.17) is 39.5 Å². The summed E-state index contributed by atoms with van der Waals surface area (Å²) in [6.45, 7) is 3.27. The number of ether oxygens (including phenoxy) is 1. The van der Waals surface area contributed by atoms with E-state index in [2.05, 4.69) is 5.32 Å². The van der Waals surface area contributed by atoms with Crippen LogP contribution in [0.4, 0.5) is 5.69 Å². The van der Waals surface area contributed by atoms with E-state index >= 15 is 0 Å². The number of sulfonamides is 1. The Labute approximate surface area is 256 Å². The number of methoxy groups -OCH3 is 1. The lowest BCUT2D eigenvalue weighted by atomic mass is 10.1. The molecule has 0 saturated heterocycles. The minimum Gasteiger partial charge on any atom is -0.497 e. The maximum Gasteiger partial charge on any atom is 0.264 e. The van der Waals surface area contributed by atoms with Crippen molar-refractivity contribution >= 4 is 62.3 Å². The Morgan fingerprint density at radius 2 is 1.61 bits per heavy atom. The largest absolute Gasteiger partial charge is 0.497 e. The van der Waals surface area contributed by atoms with Crippen LogP contribution in [0.3, 0.4) is 0 Å². The molecule has 0 radical (unpaired) electrons. The van der Waals surface area contributed by atoms with Crippen molar-refractivity contribution < 1.29 is 22.7 Å². The molecular weight excluding hydrogens is 609 g/mol. The topological polar surface area (TPSA) is 96.0 Å². The standard InChI is InChI=1S/C29H32Cl3N3O5S/c1-4-5-16-33-29(37)20(2)34(18-25-26(31)10-7-11-27(25)32)28(36)19-35(22-9-6-8-21(30)17-22)41(38,39)24-14-12-23(40-3)13-15-24/h6-15,17,20H,4-5,16,18-19H2,1-3H3,(H,33,37). The molecule has 0 spiro atoms. The summed E-state index contributed by atoms with van der Waals surface area (Å²) in [4.78, 5) is 28.3. The molecule has 0 aliphatic heterocycles. The molecule has 1 atom stereocenters. The Kier molecular flexibility index (Phi) is 11.7. The summed E-state index contributed by atoms with van der Waals surface area (Å²) in [6, 6.07) is 15.9. The van der Waals surface area contributed by atoms with Crippen molar-refractivity contribution in [2.24, 2.45) is 0 Å². The maximum atomic E-state index is 14.0. The highest BCUT2D eigenvalue weighted by Crippen LogP contribution is 2.29. The summed E-state index contributed by atoms with van der Waals surface area (Å²) in [5.41, 5.74) is 0.613. The second-order valence-electron chi connectivity index (χ2n) is 9.21. The van der Waals surface area contributed by atoms with E-state index in [1.54, 1.807) is 37.3 Å². The fourth-order valence-corrected chi connectivity index (χ4v) is 6.11. The summed E-state index contributed by atoms with van der Waals surface area (Å²) in [5.74, 6) is -0.557. The number of carbonyl (C=O) groups is 2. The third kappa shape index (κ3) is 8.29. The number of unbranched alkanes of at least 4 members (excludes halogenated alkanes) is 1. The molecule has 0 aromatic heterocycles. The Bertz CT molecular complexity index is 1450. The van der Waals surface area contributed by atoms with Crippen LogP contribution in [-0.2, 0) is 26.2 Å². The van der Waals surface area contributed by atoms with Crippen LogP contribution in [-0.4, -0.2) is 51.4 Å². The number of hydrogen-bond acceptors (Lipinski definition) is 5. The van der Waals surface area contributed by atoms with Gasteiger partial charge in [0.1, 0.15) is 18.3 Å². The molecular formula is C29H32Cl3N3O5S. The van der Waals surface area contributed by atoms with Crippen molar-refractivity contribution in [1.29, 1.82) is 0 Å². The van der Waals surface area contributed by atoms with Gasteiger partial charge < -0.3 is 15.0 Å². The van der Waals surface area contributed by atoms with Crippen molar-refractivity contribution in [2.75, 3.05) is 24.5 Å². The van der Waals surface area contributed by atoms with Gasteiger partial charge in [0.2, 0.25) is 11.8 Å². The van der Waals surface area contributed by atoms with E-state index < -0.39 is 28.5 Å². The number of halogens is 3. The van der Waals surface area contributed by atoms with E-state index in [1.165, 1.54) is 48.4 Å². The number of benzene rings is 3. The second kappa shape index (κ2) is 14.8. The number of rotatable bonds is 13. The molecule has 0 fully saturated rings. The number of anilines is 1. The van der Waals surface area contributed by atoms with E-state index in [1.807, 2.05) is 6.92 Å². The van der Waals surface area contributed by atoms with E-state index in [0.717, 1.165) is 17.1 Å². The van der Waals surface area contributed by atoms with Crippen molar-refractivity contribution in [3.05, 3.63) is 87.4 Å². The Morgan fingerprint density at radius 1 is 0.976 bits per heavy atom. The first-order valence-corrected chi connectivity index (χ1v) is 15.5. The molecule has 220 valence electrons. The van der Waals surface area contributed by atoms with Gasteiger partial charge in [-0.2, -0.15) is 0 Å². The third-order valence-corrected chi connectivity index (χ3v) is 9.14. The molecule has 0 aliphatic rings. The van der Waals surface area contributed by atoms with Gasteiger partial charge in [-0.3, -0.25) is 13.9 Å². The SMILES string of the molecule is CCCCNC(=O)C(C)N(Cc1c(Cl)cccc1Cl)C(=O)CN(c1cccc(Cl)c1)S(=O)(=O)c1ccc(OC)cc1. The van der Waals surface area contributed by atoms with Crippen molar-refractivity contribution in [1.82, 2.24) is 10.2 Å². The minimum atomic E-state index is -4.26. The van der Waals surface area contributed by atoms with Gasteiger partial charge in [0.05, 0.1) is 17.7 Å². The molecule has 1 unspecified atom stereocenters. The Balaban J connectivity index is 2.04. The number of carbonyl (C=O) groups excluding carboxylic acids is 2. The summed E-state index contributed by atoms with van der Waals surface area (Å²) < 4.78 is 33.9. The smallest absolute Gasteiger partial charge is 0.264 e. The molecule has 3 aromatic rings. The molecule has 0 heterocycles. The highest BCUT2D eigenvalue weighted by Gasteiger charge is 2.33. The number of amides is 2. The molecule has 3 rings (SSSR count). The van der Waals surface area contributed by atoms with E-state index in [9.17, 15) is 18.0 Å². The van der Waals surface area contributed by atoms with Crippen LogP contribution < -0.4 is 14.4 Å². The van der Waals surface area contributed by atoms with E-state index in [0.29, 0.717) is 27.9 Å². The highest BCUT2D eigenvalue weighted by molar-refractivity contribution is 7.92. The van der Waals surface area contributed by atoms with Crippen LogP contribution in [0.5, 0.6) is 5.75 Å². The van der Waals surface area contributed by atoms with Crippen LogP contribution >= 0.6 is 34.8 Å². The first-order valence-electron chi connectivity index (χ1n) is 12.9. The Hall–Kier alpha value is -2.98. The van der Waals surface area contributed by atoms with Crippen molar-refractivity contribution in [3.8, 4) is 5.75 Å². The monoisotopic (exact) mass is 639 g/mol. The molecule has 8 nitrogen and oxygen atoms in total. The van der Waals surface area contributed by atoms with Crippen molar-refractivity contribution in [2.45, 2.75) is 44.2 Å². The van der Waals surface area contributed by atoms with Gasteiger partial charge in [0, 0.05) is 33.7 Å². The number of nitrogens with zero attached hydrogens (tertiary/aromatic N) is 2. The molecule has 1 N–H and O–H groups in total. The molecule has 12 heteroatoms. The summed E-state index contributed by atoms with van der Waals surface area (Å²) in [7, 11) is -2.79. The highest BCUT2D eigenvalue weighted by atomic mass is 35.5. The lowest BCUT2D eigenvalue weighted by Gasteiger charge is -2.32. The molecule has 0 bridgehead atoms. The second-order valence-corrected chi connectivity index (χ2v) is 12.3. The van der Waals surface area contributed by atoms with Crippen molar-refractivity contribution in [3.63, 3.8) is 0 Å². The molecule has 3 aromatic carbocycles. The van der Waals surface area contributed by atoms with Gasteiger partial charge >= 0.3 is 0 Å². The summed E-state index contributed by atoms with van der Waals surface area (Å²) in [6.07, 6.45) is 1.65. The molecule has 2 amide bonds. The maximum absolute atomic E-state index is 14.0. The average molecular weight is 641 g/mol. The zero-order valence-corrected chi connectivity index (χ0v) is 26.0.